The Hall–Kier alpha value is -2.53. The minimum atomic E-state index is -0.265. The Morgan fingerprint density at radius 1 is 1.12 bits per heavy atom. The molecule has 0 aliphatic heterocycles. The van der Waals surface area contributed by atoms with Crippen molar-refractivity contribution >= 4 is 17.2 Å². The molecule has 0 aliphatic carbocycles. The fourth-order valence-electron chi connectivity index (χ4n) is 2.66. The Morgan fingerprint density at radius 3 is 2.36 bits per heavy atom. The van der Waals surface area contributed by atoms with Crippen LogP contribution in [0.2, 0.25) is 0 Å². The van der Waals surface area contributed by atoms with E-state index >= 15 is 0 Å². The molecular weight excluding hydrogens is 335 g/mol. The summed E-state index contributed by atoms with van der Waals surface area (Å²) in [4.78, 5) is 18.5. The first-order chi connectivity index (χ1) is 12.0. The Morgan fingerprint density at radius 2 is 1.76 bits per heavy atom. The molecule has 0 saturated heterocycles. The topological polar surface area (TPSA) is 34.4 Å². The summed E-state index contributed by atoms with van der Waals surface area (Å²) in [6.07, 6.45) is 0.819. The number of aryl methyl sites for hydroxylation is 2. The van der Waals surface area contributed by atoms with Gasteiger partial charge < -0.3 is 4.57 Å². The van der Waals surface area contributed by atoms with Gasteiger partial charge in [-0.15, -0.1) is 11.3 Å². The maximum atomic E-state index is 13.2. The summed E-state index contributed by atoms with van der Waals surface area (Å²) in [5, 5.41) is 0. The summed E-state index contributed by atoms with van der Waals surface area (Å²) in [5.41, 5.74) is 3.56. The smallest absolute Gasteiger partial charge is 0.279 e. The van der Waals surface area contributed by atoms with Gasteiger partial charge in [-0.2, -0.15) is 4.99 Å². The summed E-state index contributed by atoms with van der Waals surface area (Å²) in [5.74, 6) is -0.524. The number of halogens is 1. The molecule has 0 aliphatic rings. The van der Waals surface area contributed by atoms with Crippen molar-refractivity contribution < 1.29 is 9.18 Å². The van der Waals surface area contributed by atoms with E-state index in [1.54, 1.807) is 24.3 Å². The largest absolute Gasteiger partial charge is 0.319 e. The number of thiazole rings is 1. The number of rotatable bonds is 3. The number of carbonyl (C=O) groups excluding carboxylic acids is 1. The van der Waals surface area contributed by atoms with Crippen LogP contribution in [-0.2, 0) is 13.5 Å². The first-order valence-electron chi connectivity index (χ1n) is 8.10. The molecule has 0 atom stereocenters. The summed E-state index contributed by atoms with van der Waals surface area (Å²) in [7, 11) is 1.88. The molecule has 0 spiro atoms. The van der Waals surface area contributed by atoms with Gasteiger partial charge in [-0.25, -0.2) is 4.39 Å². The monoisotopic (exact) mass is 354 g/mol. The zero-order valence-corrected chi connectivity index (χ0v) is 15.2. The lowest BCUT2D eigenvalue weighted by molar-refractivity contribution is 0.0998. The van der Waals surface area contributed by atoms with Crippen LogP contribution in [0.25, 0.3) is 11.3 Å². The third-order valence-corrected chi connectivity index (χ3v) is 5.31. The molecule has 1 aromatic heterocycles. The minimum Gasteiger partial charge on any atom is -0.319 e. The molecular formula is C20H19FN2OS. The molecule has 0 N–H and O–H groups in total. The van der Waals surface area contributed by atoms with E-state index < -0.39 is 0 Å². The lowest BCUT2D eigenvalue weighted by Gasteiger charge is -2.05. The van der Waals surface area contributed by atoms with Crippen LogP contribution in [0.5, 0.6) is 0 Å². The molecule has 0 unspecified atom stereocenters. The number of amides is 1. The van der Waals surface area contributed by atoms with Gasteiger partial charge in [-0.05, 0) is 55.3 Å². The molecule has 0 radical (unpaired) electrons. The average molecular weight is 354 g/mol. The lowest BCUT2D eigenvalue weighted by Crippen LogP contribution is -2.14. The van der Waals surface area contributed by atoms with Crippen molar-refractivity contribution in [2.24, 2.45) is 12.0 Å². The van der Waals surface area contributed by atoms with Crippen LogP contribution in [0.3, 0.4) is 0 Å². The van der Waals surface area contributed by atoms with Gasteiger partial charge in [0.2, 0.25) is 0 Å². The van der Waals surface area contributed by atoms with Crippen molar-refractivity contribution in [2.75, 3.05) is 0 Å². The van der Waals surface area contributed by atoms with Crippen molar-refractivity contribution in [2.45, 2.75) is 20.3 Å². The van der Waals surface area contributed by atoms with E-state index in [0.717, 1.165) is 28.1 Å². The van der Waals surface area contributed by atoms with Crippen molar-refractivity contribution in [1.29, 1.82) is 0 Å². The molecule has 1 heterocycles. The molecule has 3 nitrogen and oxygen atoms in total. The van der Waals surface area contributed by atoms with Crippen LogP contribution in [0.15, 0.2) is 53.5 Å². The maximum Gasteiger partial charge on any atom is 0.279 e. The van der Waals surface area contributed by atoms with Gasteiger partial charge in [0.25, 0.3) is 5.91 Å². The van der Waals surface area contributed by atoms with Crippen molar-refractivity contribution in [3.63, 3.8) is 0 Å². The second kappa shape index (κ2) is 7.15. The van der Waals surface area contributed by atoms with E-state index in [1.165, 1.54) is 23.5 Å². The van der Waals surface area contributed by atoms with E-state index in [4.69, 9.17) is 0 Å². The van der Waals surface area contributed by atoms with Crippen molar-refractivity contribution in [3.05, 3.63) is 75.2 Å². The zero-order valence-electron chi connectivity index (χ0n) is 14.4. The van der Waals surface area contributed by atoms with E-state index in [9.17, 15) is 9.18 Å². The van der Waals surface area contributed by atoms with Gasteiger partial charge in [-0.1, -0.05) is 24.6 Å². The quantitative estimate of drug-likeness (QED) is 0.682. The Labute approximate surface area is 150 Å². The zero-order chi connectivity index (χ0) is 18.0. The molecule has 5 heteroatoms. The van der Waals surface area contributed by atoms with Crippen LogP contribution in [0, 0.1) is 12.7 Å². The number of nitrogens with zero attached hydrogens (tertiary/aromatic N) is 2. The fraction of sp³-hybridized carbons (Fsp3) is 0.200. The van der Waals surface area contributed by atoms with E-state index in [2.05, 4.69) is 11.9 Å². The molecule has 3 rings (SSSR count). The Bertz CT molecular complexity index is 966. The van der Waals surface area contributed by atoms with Gasteiger partial charge in [0, 0.05) is 17.5 Å². The second-order valence-corrected chi connectivity index (χ2v) is 6.92. The first-order valence-corrected chi connectivity index (χ1v) is 8.91. The number of benzene rings is 2. The number of aromatic nitrogens is 1. The number of hydrogen-bond acceptors (Lipinski definition) is 2. The number of carbonyl (C=O) groups is 1. The highest BCUT2D eigenvalue weighted by Crippen LogP contribution is 2.26. The lowest BCUT2D eigenvalue weighted by atomic mass is 10.1. The summed E-state index contributed by atoms with van der Waals surface area (Å²) < 4.78 is 15.1. The van der Waals surface area contributed by atoms with E-state index in [1.807, 2.05) is 30.7 Å². The summed E-state index contributed by atoms with van der Waals surface area (Å²) in [6, 6.07) is 13.8. The summed E-state index contributed by atoms with van der Waals surface area (Å²) in [6.45, 7) is 4.04. The highest BCUT2D eigenvalue weighted by molar-refractivity contribution is 7.09. The SMILES string of the molecule is CCc1sc(=NC(=O)c2ccc(C)cc2)n(C)c1-c1ccc(F)cc1. The van der Waals surface area contributed by atoms with Crippen LogP contribution in [0.4, 0.5) is 4.39 Å². The third-order valence-electron chi connectivity index (χ3n) is 4.04. The van der Waals surface area contributed by atoms with Gasteiger partial charge in [0.1, 0.15) is 5.82 Å². The fourth-order valence-corrected chi connectivity index (χ4v) is 3.73. The number of hydrogen-bond donors (Lipinski definition) is 0. The molecule has 3 aromatic rings. The molecule has 0 saturated carbocycles. The third kappa shape index (κ3) is 3.61. The second-order valence-electron chi connectivity index (χ2n) is 5.86. The molecule has 0 bridgehead atoms. The normalized spacial score (nSPS) is 11.8. The predicted octanol–water partition coefficient (Wildman–Crippen LogP) is 4.50. The van der Waals surface area contributed by atoms with Gasteiger partial charge in [0.05, 0.1) is 5.69 Å². The van der Waals surface area contributed by atoms with Crippen LogP contribution in [-0.4, -0.2) is 10.5 Å². The van der Waals surface area contributed by atoms with Crippen LogP contribution >= 0.6 is 11.3 Å². The van der Waals surface area contributed by atoms with Gasteiger partial charge in [0.15, 0.2) is 4.80 Å². The molecule has 1 amide bonds. The van der Waals surface area contributed by atoms with E-state index in [0.29, 0.717) is 10.4 Å². The Balaban J connectivity index is 2.07. The molecule has 128 valence electrons. The Kier molecular flexibility index (Phi) is 4.95. The maximum absolute atomic E-state index is 13.2. The molecule has 2 aromatic carbocycles. The summed E-state index contributed by atoms with van der Waals surface area (Å²) >= 11 is 1.49. The highest BCUT2D eigenvalue weighted by Gasteiger charge is 2.13. The van der Waals surface area contributed by atoms with Crippen LogP contribution in [0.1, 0.15) is 27.7 Å². The van der Waals surface area contributed by atoms with E-state index in [-0.39, 0.29) is 11.7 Å². The van der Waals surface area contributed by atoms with Gasteiger partial charge in [-0.3, -0.25) is 4.79 Å². The van der Waals surface area contributed by atoms with Crippen molar-refractivity contribution in [3.8, 4) is 11.3 Å². The molecule has 0 fully saturated rings. The van der Waals surface area contributed by atoms with Crippen LogP contribution < -0.4 is 4.80 Å². The standard InChI is InChI=1S/C20H19FN2OS/c1-4-17-18(14-9-11-16(21)12-10-14)23(3)20(25-17)22-19(24)15-7-5-13(2)6-8-15/h5-12H,4H2,1-3H3. The average Bonchev–Trinajstić information content (AvgIpc) is 2.92. The first kappa shape index (κ1) is 17.3. The minimum absolute atomic E-state index is 0.259. The van der Waals surface area contributed by atoms with Gasteiger partial charge >= 0.3 is 0 Å². The highest BCUT2D eigenvalue weighted by atomic mass is 32.1. The molecule has 25 heavy (non-hydrogen) atoms. The van der Waals surface area contributed by atoms with Crippen molar-refractivity contribution in [1.82, 2.24) is 4.57 Å². The predicted molar refractivity (Wildman–Crippen MR) is 99.1 cm³/mol.